The smallest absolute Gasteiger partial charge is 0.335 e. The van der Waals surface area contributed by atoms with Gasteiger partial charge in [0.25, 0.3) is 0 Å². The quantitative estimate of drug-likeness (QED) is 0.859. The highest BCUT2D eigenvalue weighted by Gasteiger charge is 2.26. The summed E-state index contributed by atoms with van der Waals surface area (Å²) in [7, 11) is 0. The van der Waals surface area contributed by atoms with E-state index in [1.165, 1.54) is 0 Å². The number of carboxylic acids is 1. The van der Waals surface area contributed by atoms with E-state index >= 15 is 0 Å². The van der Waals surface area contributed by atoms with Crippen LogP contribution in [0.15, 0.2) is 18.2 Å². The maximum atomic E-state index is 12.2. The molecular formula is C14H18N2O3. The first-order valence-corrected chi connectivity index (χ1v) is 6.42. The van der Waals surface area contributed by atoms with Crippen molar-refractivity contribution in [2.45, 2.75) is 19.8 Å². The number of rotatable bonds is 3. The Hall–Kier alpha value is -1.88. The molecule has 0 aromatic heterocycles. The summed E-state index contributed by atoms with van der Waals surface area (Å²) < 4.78 is 0. The Morgan fingerprint density at radius 1 is 1.47 bits per heavy atom. The van der Waals surface area contributed by atoms with Crippen molar-refractivity contribution in [3.05, 3.63) is 29.3 Å². The predicted molar refractivity (Wildman–Crippen MR) is 72.3 cm³/mol. The number of carboxylic acid groups (broad SMARTS) is 1. The van der Waals surface area contributed by atoms with E-state index in [0.717, 1.165) is 24.1 Å². The fourth-order valence-electron chi connectivity index (χ4n) is 2.33. The number of hydrogen-bond acceptors (Lipinski definition) is 3. The lowest BCUT2D eigenvalue weighted by molar-refractivity contribution is -0.121. The maximum absolute atomic E-state index is 12.2. The summed E-state index contributed by atoms with van der Waals surface area (Å²) in [6.07, 6.45) is 1.65. The van der Waals surface area contributed by atoms with Crippen LogP contribution in [0.4, 0.5) is 5.69 Å². The molecule has 5 heteroatoms. The van der Waals surface area contributed by atoms with Gasteiger partial charge < -0.3 is 15.7 Å². The molecule has 19 heavy (non-hydrogen) atoms. The molecule has 1 aliphatic heterocycles. The van der Waals surface area contributed by atoms with Gasteiger partial charge in [0, 0.05) is 24.7 Å². The molecule has 102 valence electrons. The monoisotopic (exact) mass is 262 g/mol. The highest BCUT2D eigenvalue weighted by atomic mass is 16.4. The van der Waals surface area contributed by atoms with Crippen LogP contribution in [-0.4, -0.2) is 30.1 Å². The minimum atomic E-state index is -0.943. The van der Waals surface area contributed by atoms with Crippen LogP contribution >= 0.6 is 0 Å². The van der Waals surface area contributed by atoms with Gasteiger partial charge in [-0.25, -0.2) is 4.79 Å². The van der Waals surface area contributed by atoms with Crippen LogP contribution in [0.2, 0.25) is 0 Å². The Kier molecular flexibility index (Phi) is 3.85. The fraction of sp³-hybridized carbons (Fsp3) is 0.429. The van der Waals surface area contributed by atoms with Crippen molar-refractivity contribution in [2.75, 3.05) is 18.0 Å². The summed E-state index contributed by atoms with van der Waals surface area (Å²) in [5.74, 6) is -1.15. The summed E-state index contributed by atoms with van der Waals surface area (Å²) in [6, 6.07) is 4.92. The van der Waals surface area contributed by atoms with Gasteiger partial charge in [-0.2, -0.15) is 0 Å². The fourth-order valence-corrected chi connectivity index (χ4v) is 2.33. The Labute approximate surface area is 112 Å². The summed E-state index contributed by atoms with van der Waals surface area (Å²) in [5, 5.41) is 8.99. The second-order valence-corrected chi connectivity index (χ2v) is 4.88. The lowest BCUT2D eigenvalue weighted by Crippen LogP contribution is -2.41. The van der Waals surface area contributed by atoms with Crippen molar-refractivity contribution in [3.63, 3.8) is 0 Å². The van der Waals surface area contributed by atoms with Crippen LogP contribution in [0.25, 0.3) is 0 Å². The van der Waals surface area contributed by atoms with Gasteiger partial charge >= 0.3 is 5.97 Å². The van der Waals surface area contributed by atoms with Crippen LogP contribution in [-0.2, 0) is 11.2 Å². The van der Waals surface area contributed by atoms with Crippen molar-refractivity contribution in [1.82, 2.24) is 0 Å². The van der Waals surface area contributed by atoms with E-state index < -0.39 is 5.97 Å². The Morgan fingerprint density at radius 3 is 2.84 bits per heavy atom. The number of hydrogen-bond donors (Lipinski definition) is 2. The number of benzene rings is 1. The number of carbonyl (C=O) groups excluding carboxylic acids is 1. The van der Waals surface area contributed by atoms with Crippen LogP contribution in [0, 0.1) is 5.92 Å². The van der Waals surface area contributed by atoms with Crippen LogP contribution in [0.3, 0.4) is 0 Å². The van der Waals surface area contributed by atoms with E-state index in [-0.39, 0.29) is 17.4 Å². The SMILES string of the molecule is CC(CN)C(=O)N1CCCc2cc(C(=O)O)ccc21. The molecule has 1 atom stereocenters. The molecule has 1 aromatic carbocycles. The van der Waals surface area contributed by atoms with Gasteiger partial charge in [0.1, 0.15) is 0 Å². The molecular weight excluding hydrogens is 244 g/mol. The first-order valence-electron chi connectivity index (χ1n) is 6.42. The molecule has 1 heterocycles. The molecule has 0 saturated carbocycles. The zero-order valence-corrected chi connectivity index (χ0v) is 10.9. The van der Waals surface area contributed by atoms with E-state index in [2.05, 4.69) is 0 Å². The number of anilines is 1. The Bertz CT molecular complexity index is 513. The third-order valence-corrected chi connectivity index (χ3v) is 3.49. The first-order chi connectivity index (χ1) is 9.04. The van der Waals surface area contributed by atoms with Crippen molar-refractivity contribution < 1.29 is 14.7 Å². The van der Waals surface area contributed by atoms with Crippen LogP contribution in [0.1, 0.15) is 29.3 Å². The van der Waals surface area contributed by atoms with E-state index in [0.29, 0.717) is 13.1 Å². The molecule has 0 fully saturated rings. The summed E-state index contributed by atoms with van der Waals surface area (Å²) >= 11 is 0. The van der Waals surface area contributed by atoms with Crippen molar-refractivity contribution >= 4 is 17.6 Å². The number of carbonyl (C=O) groups is 2. The van der Waals surface area contributed by atoms with Gasteiger partial charge in [0.05, 0.1) is 5.56 Å². The highest BCUT2D eigenvalue weighted by Crippen LogP contribution is 2.29. The van der Waals surface area contributed by atoms with E-state index in [9.17, 15) is 9.59 Å². The molecule has 2 rings (SSSR count). The van der Waals surface area contributed by atoms with Gasteiger partial charge in [0.2, 0.25) is 5.91 Å². The number of fused-ring (bicyclic) bond motifs is 1. The standard InChI is InChI=1S/C14H18N2O3/c1-9(8-15)13(17)16-6-2-3-10-7-11(14(18)19)4-5-12(10)16/h4-5,7,9H,2-3,6,8,15H2,1H3,(H,18,19). The number of aromatic carboxylic acids is 1. The predicted octanol–water partition coefficient (Wildman–Crippen LogP) is 1.26. The van der Waals surface area contributed by atoms with Crippen LogP contribution in [0.5, 0.6) is 0 Å². The van der Waals surface area contributed by atoms with Crippen molar-refractivity contribution in [3.8, 4) is 0 Å². The van der Waals surface area contributed by atoms with E-state index in [4.69, 9.17) is 10.8 Å². The van der Waals surface area contributed by atoms with E-state index in [1.54, 1.807) is 23.1 Å². The summed E-state index contributed by atoms with van der Waals surface area (Å²) in [4.78, 5) is 24.9. The average Bonchev–Trinajstić information content (AvgIpc) is 2.44. The second-order valence-electron chi connectivity index (χ2n) is 4.88. The van der Waals surface area contributed by atoms with Crippen molar-refractivity contribution in [2.24, 2.45) is 11.7 Å². The number of aryl methyl sites for hydroxylation is 1. The molecule has 0 bridgehead atoms. The second kappa shape index (κ2) is 5.40. The first kappa shape index (κ1) is 13.5. The van der Waals surface area contributed by atoms with Gasteiger partial charge in [-0.05, 0) is 36.6 Å². The molecule has 3 N–H and O–H groups in total. The summed E-state index contributed by atoms with van der Waals surface area (Å²) in [6.45, 7) is 2.79. The van der Waals surface area contributed by atoms with Gasteiger partial charge in [-0.1, -0.05) is 6.92 Å². The molecule has 5 nitrogen and oxygen atoms in total. The number of nitrogens with zero attached hydrogens (tertiary/aromatic N) is 1. The van der Waals surface area contributed by atoms with Gasteiger partial charge in [0.15, 0.2) is 0 Å². The Morgan fingerprint density at radius 2 is 2.21 bits per heavy atom. The molecule has 0 saturated heterocycles. The molecule has 0 radical (unpaired) electrons. The van der Waals surface area contributed by atoms with Gasteiger partial charge in [-0.3, -0.25) is 4.79 Å². The molecule has 1 amide bonds. The number of amides is 1. The molecule has 1 aromatic rings. The zero-order valence-electron chi connectivity index (χ0n) is 10.9. The minimum Gasteiger partial charge on any atom is -0.478 e. The molecule has 0 aliphatic carbocycles. The lowest BCUT2D eigenvalue weighted by Gasteiger charge is -2.31. The number of nitrogens with two attached hydrogens (primary N) is 1. The minimum absolute atomic E-state index is 0.00604. The summed E-state index contributed by atoms with van der Waals surface area (Å²) in [5.41, 5.74) is 7.54. The largest absolute Gasteiger partial charge is 0.478 e. The van der Waals surface area contributed by atoms with Gasteiger partial charge in [-0.15, -0.1) is 0 Å². The van der Waals surface area contributed by atoms with Crippen molar-refractivity contribution in [1.29, 1.82) is 0 Å². The molecule has 1 unspecified atom stereocenters. The molecule has 0 spiro atoms. The Balaban J connectivity index is 2.34. The normalized spacial score (nSPS) is 15.8. The highest BCUT2D eigenvalue weighted by molar-refractivity contribution is 5.97. The zero-order chi connectivity index (χ0) is 14.0. The third-order valence-electron chi connectivity index (χ3n) is 3.49. The maximum Gasteiger partial charge on any atom is 0.335 e. The molecule has 1 aliphatic rings. The third kappa shape index (κ3) is 2.61. The lowest BCUT2D eigenvalue weighted by atomic mass is 9.97. The van der Waals surface area contributed by atoms with E-state index in [1.807, 2.05) is 6.92 Å². The van der Waals surface area contributed by atoms with Crippen LogP contribution < -0.4 is 10.6 Å². The average molecular weight is 262 g/mol. The topological polar surface area (TPSA) is 83.6 Å².